The van der Waals surface area contributed by atoms with Crippen LogP contribution < -0.4 is 19.7 Å². The first-order valence-electron chi connectivity index (χ1n) is 12.8. The second kappa shape index (κ2) is 12.3. The molecule has 9 nitrogen and oxygen atoms in total. The number of nitrogens with one attached hydrogen (secondary N) is 1. The molecule has 0 saturated carbocycles. The first-order valence-corrected chi connectivity index (χ1v) is 14.2. The van der Waals surface area contributed by atoms with Crippen molar-refractivity contribution in [1.29, 1.82) is 0 Å². The van der Waals surface area contributed by atoms with Gasteiger partial charge in [-0.2, -0.15) is 4.31 Å². The van der Waals surface area contributed by atoms with E-state index in [1.807, 2.05) is 30.3 Å². The van der Waals surface area contributed by atoms with E-state index in [-0.39, 0.29) is 30.4 Å². The van der Waals surface area contributed by atoms with Gasteiger partial charge < -0.3 is 19.7 Å². The first-order chi connectivity index (χ1) is 18.7. The highest BCUT2D eigenvalue weighted by Crippen LogP contribution is 2.33. The lowest BCUT2D eigenvalue weighted by molar-refractivity contribution is -0.128. The Morgan fingerprint density at radius 1 is 1.08 bits per heavy atom. The molecule has 1 unspecified atom stereocenters. The van der Waals surface area contributed by atoms with Crippen LogP contribution in [0.5, 0.6) is 11.5 Å². The highest BCUT2D eigenvalue weighted by Gasteiger charge is 2.35. The number of likely N-dealkylation sites (N-methyl/N-ethyl adjacent to an activating group) is 1. The van der Waals surface area contributed by atoms with Crippen LogP contribution in [0.25, 0.3) is 0 Å². The Labute approximate surface area is 229 Å². The lowest BCUT2D eigenvalue weighted by Crippen LogP contribution is -2.53. The number of aryl methyl sites for hydroxylation is 1. The fourth-order valence-corrected chi connectivity index (χ4v) is 5.94. The molecule has 0 radical (unpaired) electrons. The molecule has 4 rings (SSSR count). The molecule has 1 aliphatic heterocycles. The standard InChI is InChI=1S/C29H33N3O6S/c1-4-31(39(35,36)23-14-15-25(37-3)21(2)18-23)20-28(33)32-19-27(38-26-13-9-8-12-24(26)32)29(34)30-17-16-22-10-6-5-7-11-22/h5-15,18,27H,4,16-17,19-20H2,1-3H3,(H,30,34). The van der Waals surface area contributed by atoms with E-state index in [9.17, 15) is 18.0 Å². The van der Waals surface area contributed by atoms with Crippen LogP contribution in [-0.4, -0.2) is 63.9 Å². The summed E-state index contributed by atoms with van der Waals surface area (Å²) in [6.45, 7) is 3.52. The molecule has 0 fully saturated rings. The third kappa shape index (κ3) is 6.40. The maximum Gasteiger partial charge on any atom is 0.262 e. The van der Waals surface area contributed by atoms with E-state index in [2.05, 4.69) is 5.32 Å². The molecule has 1 atom stereocenters. The number of hydrogen-bond donors (Lipinski definition) is 1. The minimum Gasteiger partial charge on any atom is -0.496 e. The number of ether oxygens (including phenoxy) is 2. The zero-order chi connectivity index (χ0) is 28.0. The summed E-state index contributed by atoms with van der Waals surface area (Å²) in [5, 5.41) is 2.89. The van der Waals surface area contributed by atoms with Crippen LogP contribution in [-0.2, 0) is 26.0 Å². The Hall–Kier alpha value is -3.89. The van der Waals surface area contributed by atoms with Gasteiger partial charge in [0.05, 0.1) is 30.8 Å². The number of sulfonamides is 1. The number of benzene rings is 3. The fraction of sp³-hybridized carbons (Fsp3) is 0.310. The lowest BCUT2D eigenvalue weighted by Gasteiger charge is -2.35. The van der Waals surface area contributed by atoms with Gasteiger partial charge in [-0.05, 0) is 54.8 Å². The van der Waals surface area contributed by atoms with Gasteiger partial charge in [0.15, 0.2) is 6.10 Å². The third-order valence-corrected chi connectivity index (χ3v) is 8.51. The van der Waals surface area contributed by atoms with E-state index in [1.54, 1.807) is 44.2 Å². The molecule has 3 aromatic carbocycles. The average molecular weight is 552 g/mol. The highest BCUT2D eigenvalue weighted by atomic mass is 32.2. The molecule has 0 aliphatic carbocycles. The predicted octanol–water partition coefficient (Wildman–Crippen LogP) is 3.17. The summed E-state index contributed by atoms with van der Waals surface area (Å²) in [5.74, 6) is 0.165. The van der Waals surface area contributed by atoms with Gasteiger partial charge in [-0.25, -0.2) is 8.42 Å². The molecule has 39 heavy (non-hydrogen) atoms. The number of carbonyl (C=O) groups excluding carboxylic acids is 2. The number of anilines is 1. The largest absolute Gasteiger partial charge is 0.496 e. The normalized spacial score (nSPS) is 14.9. The van der Waals surface area contributed by atoms with E-state index in [1.165, 1.54) is 24.1 Å². The van der Waals surface area contributed by atoms with Crippen molar-refractivity contribution in [2.45, 2.75) is 31.3 Å². The average Bonchev–Trinajstić information content (AvgIpc) is 2.95. The molecule has 0 bridgehead atoms. The van der Waals surface area contributed by atoms with Crippen LogP contribution in [0.2, 0.25) is 0 Å². The Kier molecular flexibility index (Phi) is 8.88. The van der Waals surface area contributed by atoms with Crippen LogP contribution in [0.1, 0.15) is 18.1 Å². The number of methoxy groups -OCH3 is 1. The first kappa shape index (κ1) is 28.1. The van der Waals surface area contributed by atoms with Crippen molar-refractivity contribution in [3.05, 3.63) is 83.9 Å². The number of nitrogens with zero attached hydrogens (tertiary/aromatic N) is 2. The van der Waals surface area contributed by atoms with E-state index < -0.39 is 22.0 Å². The number of para-hydroxylation sites is 2. The zero-order valence-corrected chi connectivity index (χ0v) is 23.1. The topological polar surface area (TPSA) is 105 Å². The fourth-order valence-electron chi connectivity index (χ4n) is 4.46. The maximum absolute atomic E-state index is 13.6. The highest BCUT2D eigenvalue weighted by molar-refractivity contribution is 7.89. The molecule has 0 spiro atoms. The molecule has 0 aromatic heterocycles. The minimum atomic E-state index is -3.96. The zero-order valence-electron chi connectivity index (χ0n) is 22.3. The minimum absolute atomic E-state index is 0.0355. The molecular weight excluding hydrogens is 518 g/mol. The monoisotopic (exact) mass is 551 g/mol. The summed E-state index contributed by atoms with van der Waals surface area (Å²) in [6, 6.07) is 21.3. The van der Waals surface area contributed by atoms with Gasteiger partial charge in [0.2, 0.25) is 15.9 Å². The molecule has 1 aliphatic rings. The Morgan fingerprint density at radius 3 is 2.49 bits per heavy atom. The summed E-state index contributed by atoms with van der Waals surface area (Å²) in [7, 11) is -2.44. The van der Waals surface area contributed by atoms with Crippen LogP contribution >= 0.6 is 0 Å². The van der Waals surface area contributed by atoms with Crippen molar-refractivity contribution < 1.29 is 27.5 Å². The smallest absolute Gasteiger partial charge is 0.262 e. The van der Waals surface area contributed by atoms with E-state index >= 15 is 0 Å². The Balaban J connectivity index is 1.49. The van der Waals surface area contributed by atoms with Crippen molar-refractivity contribution in [2.75, 3.05) is 38.2 Å². The van der Waals surface area contributed by atoms with Crippen molar-refractivity contribution in [3.8, 4) is 11.5 Å². The quantitative estimate of drug-likeness (QED) is 0.415. The van der Waals surface area contributed by atoms with Gasteiger partial charge in [0, 0.05) is 13.1 Å². The van der Waals surface area contributed by atoms with Gasteiger partial charge in [-0.1, -0.05) is 49.4 Å². The molecular formula is C29H33N3O6S. The van der Waals surface area contributed by atoms with Gasteiger partial charge in [0.25, 0.3) is 5.91 Å². The van der Waals surface area contributed by atoms with Crippen LogP contribution in [0, 0.1) is 6.92 Å². The van der Waals surface area contributed by atoms with Crippen LogP contribution in [0.3, 0.4) is 0 Å². The van der Waals surface area contributed by atoms with Crippen molar-refractivity contribution >= 4 is 27.5 Å². The van der Waals surface area contributed by atoms with E-state index in [4.69, 9.17) is 9.47 Å². The summed E-state index contributed by atoms with van der Waals surface area (Å²) in [4.78, 5) is 28.0. The van der Waals surface area contributed by atoms with Crippen molar-refractivity contribution in [3.63, 3.8) is 0 Å². The number of amides is 2. The Morgan fingerprint density at radius 2 is 1.79 bits per heavy atom. The predicted molar refractivity (Wildman–Crippen MR) is 149 cm³/mol. The van der Waals surface area contributed by atoms with Gasteiger partial charge >= 0.3 is 0 Å². The molecule has 1 N–H and O–H groups in total. The summed E-state index contributed by atoms with van der Waals surface area (Å²) >= 11 is 0. The second-order valence-electron chi connectivity index (χ2n) is 9.17. The maximum atomic E-state index is 13.6. The van der Waals surface area contributed by atoms with Crippen molar-refractivity contribution in [1.82, 2.24) is 9.62 Å². The summed E-state index contributed by atoms with van der Waals surface area (Å²) in [5.41, 5.74) is 2.26. The van der Waals surface area contributed by atoms with Crippen LogP contribution in [0.15, 0.2) is 77.7 Å². The molecule has 0 saturated heterocycles. The van der Waals surface area contributed by atoms with Gasteiger partial charge in [-0.3, -0.25) is 9.59 Å². The van der Waals surface area contributed by atoms with E-state index in [0.717, 1.165) is 9.87 Å². The molecule has 10 heteroatoms. The SMILES string of the molecule is CCN(CC(=O)N1CC(C(=O)NCCc2ccccc2)Oc2ccccc21)S(=O)(=O)c1ccc(OC)c(C)c1. The third-order valence-electron chi connectivity index (χ3n) is 6.59. The number of hydrogen-bond acceptors (Lipinski definition) is 6. The molecule has 1 heterocycles. The van der Waals surface area contributed by atoms with Gasteiger partial charge in [-0.15, -0.1) is 0 Å². The van der Waals surface area contributed by atoms with E-state index in [0.29, 0.717) is 35.7 Å². The van der Waals surface area contributed by atoms with Crippen molar-refractivity contribution in [2.24, 2.45) is 0 Å². The van der Waals surface area contributed by atoms with Crippen LogP contribution in [0.4, 0.5) is 5.69 Å². The number of rotatable bonds is 10. The number of fused-ring (bicyclic) bond motifs is 1. The summed E-state index contributed by atoms with van der Waals surface area (Å²) in [6.07, 6.45) is -0.275. The Bertz CT molecular complexity index is 1430. The molecule has 2 amide bonds. The summed E-state index contributed by atoms with van der Waals surface area (Å²) < 4.78 is 39.1. The molecule has 3 aromatic rings. The lowest BCUT2D eigenvalue weighted by atomic mass is 10.1. The second-order valence-corrected chi connectivity index (χ2v) is 11.1. The molecule has 206 valence electrons. The number of carbonyl (C=O) groups is 2. The van der Waals surface area contributed by atoms with Gasteiger partial charge in [0.1, 0.15) is 11.5 Å².